The number of aromatic nitrogens is 2. The van der Waals surface area contributed by atoms with E-state index in [4.69, 9.17) is 9.47 Å². The summed E-state index contributed by atoms with van der Waals surface area (Å²) in [6.07, 6.45) is 1.05. The molecule has 0 bridgehead atoms. The predicted molar refractivity (Wildman–Crippen MR) is 100 cm³/mol. The van der Waals surface area contributed by atoms with Crippen LogP contribution in [0.3, 0.4) is 0 Å². The Morgan fingerprint density at radius 1 is 1.24 bits per heavy atom. The summed E-state index contributed by atoms with van der Waals surface area (Å²) in [6.45, 7) is 1.57. The smallest absolute Gasteiger partial charge is 0.350 e. The number of hydrogen-bond donors (Lipinski definition) is 1. The number of hydrogen-bond acceptors (Lipinski definition) is 10. The van der Waals surface area contributed by atoms with Crippen LogP contribution in [0.4, 0.5) is 10.7 Å². The highest BCUT2D eigenvalue weighted by Crippen LogP contribution is 2.34. The monoisotopic (exact) mass is 426 g/mol. The molecule has 0 unspecified atom stereocenters. The molecule has 0 aliphatic carbocycles. The number of esters is 2. The second-order valence-corrected chi connectivity index (χ2v) is 6.61. The van der Waals surface area contributed by atoms with Crippen molar-refractivity contribution in [2.24, 2.45) is 0 Å². The standard InChI is InChI=1S/C16H18N4O8S/c1-8-11(15(22)27-3)14(29-12(8)16(23)28-4)17-10(21)5-6-19-7-9(20(24)25)13(18-19)26-2/h7H,5-6H2,1-4H3,(H,17,21). The van der Waals surface area contributed by atoms with Crippen molar-refractivity contribution in [3.63, 3.8) is 0 Å². The second-order valence-electron chi connectivity index (χ2n) is 5.59. The third kappa shape index (κ3) is 4.68. The van der Waals surface area contributed by atoms with Crippen molar-refractivity contribution in [3.05, 3.63) is 32.3 Å². The maximum Gasteiger partial charge on any atom is 0.350 e. The molecule has 0 aliphatic rings. The molecule has 2 aromatic rings. The first kappa shape index (κ1) is 21.8. The number of carbonyl (C=O) groups excluding carboxylic acids is 3. The molecular weight excluding hydrogens is 408 g/mol. The van der Waals surface area contributed by atoms with Gasteiger partial charge in [-0.25, -0.2) is 9.59 Å². The normalized spacial score (nSPS) is 10.3. The van der Waals surface area contributed by atoms with Gasteiger partial charge in [0, 0.05) is 6.42 Å². The Morgan fingerprint density at radius 3 is 2.41 bits per heavy atom. The Hall–Kier alpha value is -3.48. The Morgan fingerprint density at radius 2 is 1.90 bits per heavy atom. The zero-order valence-corrected chi connectivity index (χ0v) is 16.8. The van der Waals surface area contributed by atoms with Gasteiger partial charge in [-0.05, 0) is 12.5 Å². The minimum atomic E-state index is -0.711. The van der Waals surface area contributed by atoms with Gasteiger partial charge < -0.3 is 19.5 Å². The van der Waals surface area contributed by atoms with Crippen LogP contribution in [0.5, 0.6) is 5.88 Å². The Bertz CT molecular complexity index is 965. The summed E-state index contributed by atoms with van der Waals surface area (Å²) >= 11 is 0.888. The lowest BCUT2D eigenvalue weighted by atomic mass is 10.1. The van der Waals surface area contributed by atoms with Gasteiger partial charge in [-0.1, -0.05) is 0 Å². The van der Waals surface area contributed by atoms with Crippen LogP contribution in [0, 0.1) is 17.0 Å². The van der Waals surface area contributed by atoms with Crippen LogP contribution < -0.4 is 10.1 Å². The third-order valence-corrected chi connectivity index (χ3v) is 5.02. The number of anilines is 1. The SMILES string of the molecule is COC(=O)c1sc(NC(=O)CCn2cc([N+](=O)[O-])c(OC)n2)c(C(=O)OC)c1C. The van der Waals surface area contributed by atoms with Crippen molar-refractivity contribution < 1.29 is 33.5 Å². The lowest BCUT2D eigenvalue weighted by Crippen LogP contribution is -2.16. The molecule has 1 amide bonds. The molecule has 0 aromatic carbocycles. The van der Waals surface area contributed by atoms with Crippen LogP contribution in [0.2, 0.25) is 0 Å². The minimum Gasteiger partial charge on any atom is -0.475 e. The van der Waals surface area contributed by atoms with Crippen molar-refractivity contribution >= 4 is 39.9 Å². The molecular formula is C16H18N4O8S. The van der Waals surface area contributed by atoms with Gasteiger partial charge in [-0.15, -0.1) is 16.4 Å². The van der Waals surface area contributed by atoms with Crippen LogP contribution in [0.25, 0.3) is 0 Å². The van der Waals surface area contributed by atoms with Crippen LogP contribution in [0.1, 0.15) is 32.0 Å². The largest absolute Gasteiger partial charge is 0.475 e. The Labute approximate surface area is 168 Å². The maximum absolute atomic E-state index is 12.3. The first-order valence-electron chi connectivity index (χ1n) is 8.09. The van der Waals surface area contributed by atoms with E-state index < -0.39 is 22.8 Å². The van der Waals surface area contributed by atoms with E-state index in [1.807, 2.05) is 0 Å². The van der Waals surface area contributed by atoms with Gasteiger partial charge in [-0.3, -0.25) is 19.6 Å². The summed E-state index contributed by atoms with van der Waals surface area (Å²) in [5.41, 5.74) is 0.0663. The van der Waals surface area contributed by atoms with Crippen LogP contribution >= 0.6 is 11.3 Å². The molecule has 2 aromatic heterocycles. The zero-order valence-electron chi connectivity index (χ0n) is 16.0. The van der Waals surface area contributed by atoms with Gasteiger partial charge in [0.05, 0.1) is 38.4 Å². The molecule has 0 radical (unpaired) electrons. The lowest BCUT2D eigenvalue weighted by molar-refractivity contribution is -0.385. The summed E-state index contributed by atoms with van der Waals surface area (Å²) in [5, 5.41) is 17.5. The van der Waals surface area contributed by atoms with E-state index in [0.29, 0.717) is 5.56 Å². The summed E-state index contributed by atoms with van der Waals surface area (Å²) < 4.78 is 15.4. The molecule has 0 saturated carbocycles. The van der Waals surface area contributed by atoms with Gasteiger partial charge >= 0.3 is 23.5 Å². The number of nitrogens with one attached hydrogen (secondary N) is 1. The maximum atomic E-state index is 12.3. The van der Waals surface area contributed by atoms with Crippen LogP contribution in [-0.4, -0.2) is 53.9 Å². The molecule has 2 heterocycles. The van der Waals surface area contributed by atoms with E-state index in [1.54, 1.807) is 6.92 Å². The van der Waals surface area contributed by atoms with Gasteiger partial charge in [0.25, 0.3) is 0 Å². The summed E-state index contributed by atoms with van der Waals surface area (Å²) in [7, 11) is 3.63. The van der Waals surface area contributed by atoms with Crippen molar-refractivity contribution in [2.45, 2.75) is 19.9 Å². The van der Waals surface area contributed by atoms with Gasteiger partial charge in [-0.2, -0.15) is 0 Å². The number of methoxy groups -OCH3 is 3. The minimum absolute atomic E-state index is 0.0256. The van der Waals surface area contributed by atoms with E-state index >= 15 is 0 Å². The Balaban J connectivity index is 2.17. The van der Waals surface area contributed by atoms with E-state index in [2.05, 4.69) is 15.2 Å². The van der Waals surface area contributed by atoms with Crippen molar-refractivity contribution in [1.82, 2.24) is 9.78 Å². The highest BCUT2D eigenvalue weighted by atomic mass is 32.1. The fourth-order valence-corrected chi connectivity index (χ4v) is 3.55. The number of nitro groups is 1. The van der Waals surface area contributed by atoms with Crippen molar-refractivity contribution in [1.29, 1.82) is 0 Å². The third-order valence-electron chi connectivity index (χ3n) is 3.83. The molecule has 156 valence electrons. The Kier molecular flexibility index (Phi) is 6.88. The molecule has 0 saturated heterocycles. The molecule has 0 spiro atoms. The predicted octanol–water partition coefficient (Wildman–Crippen LogP) is 1.77. The molecule has 13 heteroatoms. The fraction of sp³-hybridized carbons (Fsp3) is 0.375. The molecule has 29 heavy (non-hydrogen) atoms. The summed E-state index contributed by atoms with van der Waals surface area (Å²) in [5.74, 6) is -2.02. The average Bonchev–Trinajstić information content (AvgIpc) is 3.26. The number of carbonyl (C=O) groups is 3. The van der Waals surface area contributed by atoms with E-state index in [1.165, 1.54) is 26.0 Å². The van der Waals surface area contributed by atoms with E-state index in [-0.39, 0.29) is 40.0 Å². The van der Waals surface area contributed by atoms with Gasteiger partial charge in [0.2, 0.25) is 5.91 Å². The summed E-state index contributed by atoms with van der Waals surface area (Å²) in [4.78, 5) is 46.7. The van der Waals surface area contributed by atoms with Gasteiger partial charge in [0.1, 0.15) is 16.1 Å². The van der Waals surface area contributed by atoms with E-state index in [0.717, 1.165) is 17.5 Å². The molecule has 12 nitrogen and oxygen atoms in total. The van der Waals surface area contributed by atoms with Crippen LogP contribution in [-0.2, 0) is 20.8 Å². The molecule has 0 atom stereocenters. The number of aryl methyl sites for hydroxylation is 1. The lowest BCUT2D eigenvalue weighted by Gasteiger charge is -2.06. The highest BCUT2D eigenvalue weighted by Gasteiger charge is 2.27. The highest BCUT2D eigenvalue weighted by molar-refractivity contribution is 7.18. The van der Waals surface area contributed by atoms with E-state index in [9.17, 15) is 24.5 Å². The number of nitrogens with zero attached hydrogens (tertiary/aromatic N) is 3. The first-order valence-corrected chi connectivity index (χ1v) is 8.90. The number of ether oxygens (including phenoxy) is 3. The van der Waals surface area contributed by atoms with Crippen molar-refractivity contribution in [3.8, 4) is 5.88 Å². The number of rotatable bonds is 8. The summed E-state index contributed by atoms with van der Waals surface area (Å²) in [6, 6.07) is 0. The topological polar surface area (TPSA) is 152 Å². The molecule has 0 aliphatic heterocycles. The molecule has 2 rings (SSSR count). The zero-order chi connectivity index (χ0) is 21.7. The fourth-order valence-electron chi connectivity index (χ4n) is 2.42. The molecule has 0 fully saturated rings. The molecule has 1 N–H and O–H groups in total. The second kappa shape index (κ2) is 9.14. The van der Waals surface area contributed by atoms with Gasteiger partial charge in [0.15, 0.2) is 0 Å². The van der Waals surface area contributed by atoms with Crippen LogP contribution in [0.15, 0.2) is 6.20 Å². The number of thiophene rings is 1. The average molecular weight is 426 g/mol. The number of amides is 1. The first-order chi connectivity index (χ1) is 13.7. The quantitative estimate of drug-likeness (QED) is 0.378. The van der Waals surface area contributed by atoms with Crippen molar-refractivity contribution in [2.75, 3.05) is 26.6 Å².